The van der Waals surface area contributed by atoms with Crippen LogP contribution in [0.3, 0.4) is 0 Å². The molecule has 24 heavy (non-hydrogen) atoms. The van der Waals surface area contributed by atoms with Crippen LogP contribution in [0, 0.1) is 19.3 Å². The standard InChI is InChI=1S/C18H26N2O4/c1-12-7-6-8-14(13(12)2)20-15(21)10-19-16(22)11-24-17(23)9-18(3,4)5/h6-8H,9-11H2,1-5H3,(H,19,22)(H,20,21). The van der Waals surface area contributed by atoms with Gasteiger partial charge in [-0.05, 0) is 36.5 Å². The maximum absolute atomic E-state index is 11.9. The Morgan fingerprint density at radius 3 is 2.38 bits per heavy atom. The summed E-state index contributed by atoms with van der Waals surface area (Å²) in [6.45, 7) is 9.04. The van der Waals surface area contributed by atoms with E-state index in [-0.39, 0.29) is 30.9 Å². The van der Waals surface area contributed by atoms with E-state index in [2.05, 4.69) is 10.6 Å². The Kier molecular flexibility index (Phi) is 6.95. The van der Waals surface area contributed by atoms with Crippen molar-refractivity contribution in [3.63, 3.8) is 0 Å². The van der Waals surface area contributed by atoms with Crippen molar-refractivity contribution in [2.75, 3.05) is 18.5 Å². The highest BCUT2D eigenvalue weighted by molar-refractivity contribution is 5.95. The highest BCUT2D eigenvalue weighted by Gasteiger charge is 2.18. The minimum absolute atomic E-state index is 0.178. The molecule has 0 aliphatic rings. The van der Waals surface area contributed by atoms with Gasteiger partial charge in [-0.25, -0.2) is 0 Å². The lowest BCUT2D eigenvalue weighted by molar-refractivity contribution is -0.150. The highest BCUT2D eigenvalue weighted by Crippen LogP contribution is 2.19. The zero-order valence-corrected chi connectivity index (χ0v) is 15.0. The van der Waals surface area contributed by atoms with Gasteiger partial charge in [-0.15, -0.1) is 0 Å². The summed E-state index contributed by atoms with van der Waals surface area (Å²) in [4.78, 5) is 35.0. The second kappa shape index (κ2) is 8.47. The fraction of sp³-hybridized carbons (Fsp3) is 0.500. The molecule has 0 aromatic heterocycles. The number of ether oxygens (including phenoxy) is 1. The normalized spacial score (nSPS) is 10.9. The van der Waals surface area contributed by atoms with Crippen LogP contribution in [0.5, 0.6) is 0 Å². The number of benzene rings is 1. The average molecular weight is 334 g/mol. The first-order valence-corrected chi connectivity index (χ1v) is 7.87. The summed E-state index contributed by atoms with van der Waals surface area (Å²) in [7, 11) is 0. The maximum atomic E-state index is 11.9. The van der Waals surface area contributed by atoms with Gasteiger partial charge in [0, 0.05) is 5.69 Å². The van der Waals surface area contributed by atoms with Crippen LogP contribution in [0.15, 0.2) is 18.2 Å². The number of esters is 1. The van der Waals surface area contributed by atoms with E-state index < -0.39 is 11.9 Å². The van der Waals surface area contributed by atoms with Crippen LogP contribution in [0.1, 0.15) is 38.3 Å². The Hall–Kier alpha value is -2.37. The molecule has 2 N–H and O–H groups in total. The minimum atomic E-state index is -0.506. The zero-order chi connectivity index (χ0) is 18.3. The summed E-state index contributed by atoms with van der Waals surface area (Å²) in [6, 6.07) is 5.61. The van der Waals surface area contributed by atoms with Crippen molar-refractivity contribution in [3.05, 3.63) is 29.3 Å². The third kappa shape index (κ3) is 7.26. The fourth-order valence-electron chi connectivity index (χ4n) is 1.94. The molecular weight excluding hydrogens is 308 g/mol. The maximum Gasteiger partial charge on any atom is 0.306 e. The minimum Gasteiger partial charge on any atom is -0.456 e. The molecule has 0 radical (unpaired) electrons. The number of amides is 2. The Morgan fingerprint density at radius 1 is 1.08 bits per heavy atom. The molecule has 0 bridgehead atoms. The van der Waals surface area contributed by atoms with E-state index in [0.29, 0.717) is 5.69 Å². The average Bonchev–Trinajstić information content (AvgIpc) is 2.46. The largest absolute Gasteiger partial charge is 0.456 e. The quantitative estimate of drug-likeness (QED) is 0.782. The predicted octanol–water partition coefficient (Wildman–Crippen LogP) is 2.34. The number of aryl methyl sites for hydroxylation is 1. The first-order chi connectivity index (χ1) is 11.1. The summed E-state index contributed by atoms with van der Waals surface area (Å²) in [5.41, 5.74) is 2.57. The molecule has 6 heteroatoms. The van der Waals surface area contributed by atoms with E-state index in [1.54, 1.807) is 6.07 Å². The lowest BCUT2D eigenvalue weighted by Gasteiger charge is -2.16. The molecule has 1 rings (SSSR count). The van der Waals surface area contributed by atoms with Crippen LogP contribution in [0.2, 0.25) is 0 Å². The van der Waals surface area contributed by atoms with E-state index in [4.69, 9.17) is 4.74 Å². The third-order valence-electron chi connectivity index (χ3n) is 3.36. The number of hydrogen-bond acceptors (Lipinski definition) is 4. The third-order valence-corrected chi connectivity index (χ3v) is 3.36. The van der Waals surface area contributed by atoms with Gasteiger partial charge in [-0.1, -0.05) is 32.9 Å². The molecule has 0 heterocycles. The van der Waals surface area contributed by atoms with Crippen molar-refractivity contribution in [1.29, 1.82) is 0 Å². The number of anilines is 1. The van der Waals surface area contributed by atoms with Gasteiger partial charge in [-0.3, -0.25) is 14.4 Å². The predicted molar refractivity (Wildman–Crippen MR) is 92.6 cm³/mol. The van der Waals surface area contributed by atoms with Crippen molar-refractivity contribution in [3.8, 4) is 0 Å². The first-order valence-electron chi connectivity index (χ1n) is 7.87. The van der Waals surface area contributed by atoms with Crippen LogP contribution in [0.4, 0.5) is 5.69 Å². The molecule has 1 aromatic rings. The SMILES string of the molecule is Cc1cccc(NC(=O)CNC(=O)COC(=O)CC(C)(C)C)c1C. The van der Waals surface area contributed by atoms with Gasteiger partial charge < -0.3 is 15.4 Å². The van der Waals surface area contributed by atoms with Crippen molar-refractivity contribution in [2.24, 2.45) is 5.41 Å². The molecule has 132 valence electrons. The van der Waals surface area contributed by atoms with Crippen molar-refractivity contribution in [2.45, 2.75) is 41.0 Å². The van der Waals surface area contributed by atoms with Crippen LogP contribution in [-0.4, -0.2) is 30.9 Å². The Labute approximate surface area is 143 Å². The summed E-state index contributed by atoms with van der Waals surface area (Å²) in [5, 5.41) is 5.17. The molecule has 0 fully saturated rings. The van der Waals surface area contributed by atoms with E-state index in [9.17, 15) is 14.4 Å². The molecule has 0 unspecified atom stereocenters. The Balaban J connectivity index is 2.35. The highest BCUT2D eigenvalue weighted by atomic mass is 16.5. The van der Waals surface area contributed by atoms with Gasteiger partial charge in [0.05, 0.1) is 13.0 Å². The molecule has 0 spiro atoms. The van der Waals surface area contributed by atoms with Gasteiger partial charge in [0.1, 0.15) is 0 Å². The topological polar surface area (TPSA) is 84.5 Å². The number of carbonyl (C=O) groups excluding carboxylic acids is 3. The smallest absolute Gasteiger partial charge is 0.306 e. The number of hydrogen-bond donors (Lipinski definition) is 2. The van der Waals surface area contributed by atoms with Crippen molar-refractivity contribution < 1.29 is 19.1 Å². The molecule has 0 aliphatic heterocycles. The summed E-state index contributed by atoms with van der Waals surface area (Å²) in [6.07, 6.45) is 0.230. The van der Waals surface area contributed by atoms with Crippen molar-refractivity contribution >= 4 is 23.5 Å². The van der Waals surface area contributed by atoms with Crippen LogP contribution in [-0.2, 0) is 19.1 Å². The summed E-state index contributed by atoms with van der Waals surface area (Å²) < 4.78 is 4.88. The van der Waals surface area contributed by atoms with E-state index in [1.165, 1.54) is 0 Å². The molecule has 0 aliphatic carbocycles. The first kappa shape index (κ1) is 19.7. The molecular formula is C18H26N2O4. The van der Waals surface area contributed by atoms with Crippen LogP contribution < -0.4 is 10.6 Å². The lowest BCUT2D eigenvalue weighted by atomic mass is 9.93. The van der Waals surface area contributed by atoms with E-state index in [1.807, 2.05) is 46.8 Å². The van der Waals surface area contributed by atoms with Crippen LogP contribution >= 0.6 is 0 Å². The van der Waals surface area contributed by atoms with Gasteiger partial charge in [0.15, 0.2) is 6.61 Å². The second-order valence-corrected chi connectivity index (χ2v) is 6.97. The van der Waals surface area contributed by atoms with E-state index in [0.717, 1.165) is 11.1 Å². The van der Waals surface area contributed by atoms with Crippen molar-refractivity contribution in [1.82, 2.24) is 5.32 Å². The Bertz CT molecular complexity index is 618. The zero-order valence-electron chi connectivity index (χ0n) is 15.0. The molecule has 6 nitrogen and oxygen atoms in total. The number of carbonyl (C=O) groups is 3. The second-order valence-electron chi connectivity index (χ2n) is 6.97. The van der Waals surface area contributed by atoms with Gasteiger partial charge in [0.25, 0.3) is 5.91 Å². The number of nitrogens with one attached hydrogen (secondary N) is 2. The summed E-state index contributed by atoms with van der Waals surface area (Å²) in [5.74, 6) is -1.27. The molecule has 1 aromatic carbocycles. The monoisotopic (exact) mass is 334 g/mol. The van der Waals surface area contributed by atoms with Gasteiger partial charge >= 0.3 is 5.97 Å². The summed E-state index contributed by atoms with van der Waals surface area (Å²) >= 11 is 0. The van der Waals surface area contributed by atoms with Gasteiger partial charge in [-0.2, -0.15) is 0 Å². The number of rotatable bonds is 6. The fourth-order valence-corrected chi connectivity index (χ4v) is 1.94. The van der Waals surface area contributed by atoms with Gasteiger partial charge in [0.2, 0.25) is 5.91 Å². The van der Waals surface area contributed by atoms with Crippen LogP contribution in [0.25, 0.3) is 0 Å². The van der Waals surface area contributed by atoms with E-state index >= 15 is 0 Å². The lowest BCUT2D eigenvalue weighted by Crippen LogP contribution is -2.36. The molecule has 2 amide bonds. The Morgan fingerprint density at radius 2 is 1.75 bits per heavy atom. The molecule has 0 atom stereocenters. The molecule has 0 saturated heterocycles. The molecule has 0 saturated carbocycles.